The molecule has 1 fully saturated rings. The molecule has 1 saturated heterocycles. The zero-order valence-electron chi connectivity index (χ0n) is 12.6. The molecule has 3 unspecified atom stereocenters. The van der Waals surface area contributed by atoms with E-state index in [1.165, 1.54) is 12.1 Å². The Hall–Kier alpha value is -1.13. The van der Waals surface area contributed by atoms with Crippen LogP contribution in [0.3, 0.4) is 0 Å². The molecule has 0 saturated carbocycles. The lowest BCUT2D eigenvalue weighted by molar-refractivity contribution is -0.134. The van der Waals surface area contributed by atoms with Crippen molar-refractivity contribution in [2.45, 2.75) is 32.7 Å². The highest BCUT2D eigenvalue weighted by molar-refractivity contribution is 5.85. The van der Waals surface area contributed by atoms with Crippen molar-refractivity contribution in [3.63, 3.8) is 0 Å². The molecule has 0 spiro atoms. The predicted octanol–water partition coefficient (Wildman–Crippen LogP) is 2.62. The second kappa shape index (κ2) is 7.76. The van der Waals surface area contributed by atoms with Crippen LogP contribution in [0.25, 0.3) is 0 Å². The van der Waals surface area contributed by atoms with Crippen molar-refractivity contribution in [1.29, 1.82) is 0 Å². The number of nitrogens with two attached hydrogens (primary N) is 1. The van der Waals surface area contributed by atoms with Crippen LogP contribution >= 0.6 is 12.4 Å². The van der Waals surface area contributed by atoms with Crippen LogP contribution in [0.5, 0.6) is 0 Å². The third kappa shape index (κ3) is 4.68. The van der Waals surface area contributed by atoms with Crippen LogP contribution in [0.2, 0.25) is 0 Å². The summed E-state index contributed by atoms with van der Waals surface area (Å²) in [7, 11) is 0. The summed E-state index contributed by atoms with van der Waals surface area (Å²) in [4.78, 5) is 14.1. The maximum atomic E-state index is 12.9. The van der Waals surface area contributed by atoms with E-state index in [0.717, 1.165) is 31.5 Å². The largest absolute Gasteiger partial charge is 0.342 e. The molecule has 1 aromatic rings. The number of likely N-dealkylation sites (tertiary alicyclic amines) is 1. The van der Waals surface area contributed by atoms with E-state index in [1.54, 1.807) is 0 Å². The van der Waals surface area contributed by atoms with E-state index in [1.807, 2.05) is 30.9 Å². The normalized spacial score (nSPS) is 20.8. The fraction of sp³-hybridized carbons (Fsp3) is 0.562. The van der Waals surface area contributed by atoms with E-state index in [2.05, 4.69) is 0 Å². The van der Waals surface area contributed by atoms with Gasteiger partial charge in [-0.3, -0.25) is 4.79 Å². The van der Waals surface area contributed by atoms with Gasteiger partial charge in [0.1, 0.15) is 5.82 Å². The Balaban J connectivity index is 0.00000220. The summed E-state index contributed by atoms with van der Waals surface area (Å²) >= 11 is 0. The van der Waals surface area contributed by atoms with Crippen LogP contribution < -0.4 is 5.73 Å². The summed E-state index contributed by atoms with van der Waals surface area (Å²) < 4.78 is 12.9. The first-order valence-electron chi connectivity index (χ1n) is 7.26. The van der Waals surface area contributed by atoms with Crippen LogP contribution in [0.4, 0.5) is 4.39 Å². The molecule has 1 heterocycles. The van der Waals surface area contributed by atoms with Crippen molar-refractivity contribution in [2.24, 2.45) is 17.6 Å². The van der Waals surface area contributed by atoms with E-state index in [0.29, 0.717) is 5.92 Å². The zero-order chi connectivity index (χ0) is 14.7. The van der Waals surface area contributed by atoms with Gasteiger partial charge in [-0.1, -0.05) is 19.1 Å². The summed E-state index contributed by atoms with van der Waals surface area (Å²) in [5, 5.41) is 0. The van der Waals surface area contributed by atoms with Crippen molar-refractivity contribution in [3.8, 4) is 0 Å². The van der Waals surface area contributed by atoms with Crippen molar-refractivity contribution < 1.29 is 9.18 Å². The van der Waals surface area contributed by atoms with Gasteiger partial charge in [-0.05, 0) is 43.4 Å². The van der Waals surface area contributed by atoms with Gasteiger partial charge in [-0.15, -0.1) is 12.4 Å². The van der Waals surface area contributed by atoms with Crippen LogP contribution in [0.1, 0.15) is 25.8 Å². The molecule has 0 aromatic heterocycles. The number of amides is 1. The van der Waals surface area contributed by atoms with E-state index in [9.17, 15) is 9.18 Å². The molecule has 3 atom stereocenters. The number of hydrogen-bond donors (Lipinski definition) is 1. The van der Waals surface area contributed by atoms with Gasteiger partial charge < -0.3 is 10.6 Å². The fourth-order valence-electron chi connectivity index (χ4n) is 2.67. The Labute approximate surface area is 132 Å². The van der Waals surface area contributed by atoms with Crippen molar-refractivity contribution in [3.05, 3.63) is 35.6 Å². The van der Waals surface area contributed by atoms with E-state index in [-0.39, 0.29) is 36.1 Å². The molecule has 1 aliphatic rings. The van der Waals surface area contributed by atoms with Gasteiger partial charge in [0, 0.05) is 19.1 Å². The summed E-state index contributed by atoms with van der Waals surface area (Å²) in [5.41, 5.74) is 6.92. The third-order valence-electron chi connectivity index (χ3n) is 4.21. The average Bonchev–Trinajstić information content (AvgIpc) is 2.88. The molecule has 1 aliphatic heterocycles. The number of rotatable bonds is 4. The first kappa shape index (κ1) is 17.9. The molecule has 0 bridgehead atoms. The maximum absolute atomic E-state index is 12.9. The molecule has 2 rings (SSSR count). The van der Waals surface area contributed by atoms with Gasteiger partial charge in [0.15, 0.2) is 0 Å². The van der Waals surface area contributed by atoms with Gasteiger partial charge in [0.05, 0.1) is 5.92 Å². The van der Waals surface area contributed by atoms with Gasteiger partial charge in [-0.25, -0.2) is 4.39 Å². The lowest BCUT2D eigenvalue weighted by Crippen LogP contribution is -2.40. The first-order valence-corrected chi connectivity index (χ1v) is 7.26. The molecule has 1 amide bonds. The van der Waals surface area contributed by atoms with Crippen LogP contribution in [0, 0.1) is 17.7 Å². The number of hydrogen-bond acceptors (Lipinski definition) is 2. The summed E-state index contributed by atoms with van der Waals surface area (Å²) in [5.74, 6) is 0.286. The molecule has 5 heteroatoms. The van der Waals surface area contributed by atoms with E-state index < -0.39 is 0 Å². The molecular weight excluding hydrogens is 291 g/mol. The SMILES string of the molecule is CC(N)C(C)C(=O)N1CCC(Cc2ccc(F)cc2)C1.Cl. The Kier molecular flexibility index (Phi) is 6.62. The Morgan fingerprint density at radius 2 is 2.00 bits per heavy atom. The molecule has 3 nitrogen and oxygen atoms in total. The minimum Gasteiger partial charge on any atom is -0.342 e. The fourth-order valence-corrected chi connectivity index (χ4v) is 2.67. The third-order valence-corrected chi connectivity index (χ3v) is 4.21. The molecule has 0 radical (unpaired) electrons. The van der Waals surface area contributed by atoms with E-state index in [4.69, 9.17) is 5.73 Å². The summed E-state index contributed by atoms with van der Waals surface area (Å²) in [6, 6.07) is 6.52. The second-order valence-corrected chi connectivity index (χ2v) is 5.92. The second-order valence-electron chi connectivity index (χ2n) is 5.92. The molecule has 1 aromatic carbocycles. The monoisotopic (exact) mass is 314 g/mol. The van der Waals surface area contributed by atoms with Crippen LogP contribution in [-0.2, 0) is 11.2 Å². The topological polar surface area (TPSA) is 46.3 Å². The summed E-state index contributed by atoms with van der Waals surface area (Å²) in [6.45, 7) is 5.35. The predicted molar refractivity (Wildman–Crippen MR) is 84.9 cm³/mol. The standard InChI is InChI=1S/C16H23FN2O.ClH/c1-11(12(2)18)16(20)19-8-7-14(10-19)9-13-3-5-15(17)6-4-13;/h3-6,11-12,14H,7-10,18H2,1-2H3;1H. The Bertz CT molecular complexity index is 464. The Morgan fingerprint density at radius 1 is 1.38 bits per heavy atom. The number of carbonyl (C=O) groups excluding carboxylic acids is 1. The summed E-state index contributed by atoms with van der Waals surface area (Å²) in [6.07, 6.45) is 1.91. The van der Waals surface area contributed by atoms with Crippen molar-refractivity contribution in [2.75, 3.05) is 13.1 Å². The van der Waals surface area contributed by atoms with Gasteiger partial charge in [-0.2, -0.15) is 0 Å². The number of nitrogens with zero attached hydrogens (tertiary/aromatic N) is 1. The molecule has 21 heavy (non-hydrogen) atoms. The molecule has 0 aliphatic carbocycles. The van der Waals surface area contributed by atoms with Gasteiger partial charge in [0.25, 0.3) is 0 Å². The molecule has 2 N–H and O–H groups in total. The van der Waals surface area contributed by atoms with Crippen LogP contribution in [-0.4, -0.2) is 29.9 Å². The highest BCUT2D eigenvalue weighted by atomic mass is 35.5. The average molecular weight is 315 g/mol. The van der Waals surface area contributed by atoms with Gasteiger partial charge in [0.2, 0.25) is 5.91 Å². The molecular formula is C16H24ClFN2O. The zero-order valence-corrected chi connectivity index (χ0v) is 13.4. The lowest BCUT2D eigenvalue weighted by Gasteiger charge is -2.23. The minimum atomic E-state index is -0.206. The minimum absolute atomic E-state index is 0. The number of benzene rings is 1. The van der Waals surface area contributed by atoms with Crippen LogP contribution in [0.15, 0.2) is 24.3 Å². The number of halogens is 2. The smallest absolute Gasteiger partial charge is 0.226 e. The van der Waals surface area contributed by atoms with Crippen molar-refractivity contribution in [1.82, 2.24) is 4.90 Å². The van der Waals surface area contributed by atoms with Crippen molar-refractivity contribution >= 4 is 18.3 Å². The Morgan fingerprint density at radius 3 is 2.57 bits per heavy atom. The first-order chi connectivity index (χ1) is 9.47. The van der Waals surface area contributed by atoms with Gasteiger partial charge >= 0.3 is 0 Å². The highest BCUT2D eigenvalue weighted by Crippen LogP contribution is 2.23. The molecule has 118 valence electrons. The maximum Gasteiger partial charge on any atom is 0.226 e. The van der Waals surface area contributed by atoms with E-state index >= 15 is 0 Å². The number of carbonyl (C=O) groups is 1. The quantitative estimate of drug-likeness (QED) is 0.928. The highest BCUT2D eigenvalue weighted by Gasteiger charge is 2.30. The lowest BCUT2D eigenvalue weighted by atomic mass is 9.98.